The Hall–Kier alpha value is -0.850. The lowest BCUT2D eigenvalue weighted by Crippen LogP contribution is -2.15. The highest BCUT2D eigenvalue weighted by Crippen LogP contribution is 2.59. The molecule has 1 nitrogen and oxygen atoms in total. The fourth-order valence-corrected chi connectivity index (χ4v) is 4.54. The lowest BCUT2D eigenvalue weighted by molar-refractivity contribution is -0.117. The van der Waals surface area contributed by atoms with Crippen molar-refractivity contribution in [2.45, 2.75) is 67.2 Å². The van der Waals surface area contributed by atoms with Gasteiger partial charge in [-0.15, -0.1) is 0 Å². The number of ketones is 1. The molecular formula is C19H28O. The molecule has 0 aromatic carbocycles. The van der Waals surface area contributed by atoms with Crippen LogP contribution in [0.15, 0.2) is 22.3 Å². The summed E-state index contributed by atoms with van der Waals surface area (Å²) in [5.74, 6) is 1.65. The maximum atomic E-state index is 11.8. The topological polar surface area (TPSA) is 17.1 Å². The summed E-state index contributed by atoms with van der Waals surface area (Å²) in [6, 6.07) is 0. The Balaban J connectivity index is 2.11. The first-order valence-electron chi connectivity index (χ1n) is 8.07. The molecule has 0 amide bonds. The van der Waals surface area contributed by atoms with E-state index in [4.69, 9.17) is 0 Å². The molecule has 2 fully saturated rings. The monoisotopic (exact) mass is 272 g/mol. The minimum absolute atomic E-state index is 0.230. The van der Waals surface area contributed by atoms with Crippen LogP contribution in [0.25, 0.3) is 0 Å². The predicted octanol–water partition coefficient (Wildman–Crippen LogP) is 5.07. The molecule has 110 valence electrons. The van der Waals surface area contributed by atoms with Gasteiger partial charge < -0.3 is 0 Å². The zero-order chi connectivity index (χ0) is 14.9. The quantitative estimate of drug-likeness (QED) is 0.601. The van der Waals surface area contributed by atoms with Crippen LogP contribution in [0.1, 0.15) is 67.2 Å². The van der Waals surface area contributed by atoms with Crippen molar-refractivity contribution in [3.63, 3.8) is 0 Å². The Morgan fingerprint density at radius 1 is 0.850 bits per heavy atom. The van der Waals surface area contributed by atoms with Gasteiger partial charge in [-0.05, 0) is 46.7 Å². The van der Waals surface area contributed by atoms with E-state index < -0.39 is 0 Å². The zero-order valence-electron chi connectivity index (χ0n) is 13.9. The number of carbonyl (C=O) groups excluding carboxylic acids is 1. The van der Waals surface area contributed by atoms with Crippen molar-refractivity contribution in [3.8, 4) is 0 Å². The van der Waals surface area contributed by atoms with E-state index in [1.54, 1.807) is 22.3 Å². The van der Waals surface area contributed by atoms with Crippen LogP contribution in [-0.2, 0) is 4.79 Å². The predicted molar refractivity (Wildman–Crippen MR) is 83.4 cm³/mol. The molecule has 0 bridgehead atoms. The summed E-state index contributed by atoms with van der Waals surface area (Å²) in [4.78, 5) is 11.8. The summed E-state index contributed by atoms with van der Waals surface area (Å²) in [6.07, 6.45) is 3.94. The molecule has 2 atom stereocenters. The van der Waals surface area contributed by atoms with Crippen molar-refractivity contribution < 1.29 is 4.79 Å². The molecular weight excluding hydrogens is 244 g/mol. The van der Waals surface area contributed by atoms with Gasteiger partial charge in [0.1, 0.15) is 5.78 Å². The minimum atomic E-state index is 0.230. The van der Waals surface area contributed by atoms with Gasteiger partial charge in [0.05, 0.1) is 0 Å². The first-order chi connectivity index (χ1) is 9.09. The number of carbonyl (C=O) groups is 1. The molecule has 0 spiro atoms. The molecule has 0 saturated heterocycles. The van der Waals surface area contributed by atoms with Gasteiger partial charge in [-0.1, -0.05) is 52.7 Å². The van der Waals surface area contributed by atoms with E-state index in [1.807, 2.05) is 0 Å². The average molecular weight is 272 g/mol. The van der Waals surface area contributed by atoms with Crippen molar-refractivity contribution in [2.24, 2.45) is 22.7 Å². The molecule has 2 saturated carbocycles. The Morgan fingerprint density at radius 3 is 2.00 bits per heavy atom. The van der Waals surface area contributed by atoms with Gasteiger partial charge in [0.2, 0.25) is 0 Å². The van der Waals surface area contributed by atoms with Gasteiger partial charge in [0.15, 0.2) is 0 Å². The Morgan fingerprint density at radius 2 is 1.45 bits per heavy atom. The van der Waals surface area contributed by atoms with Gasteiger partial charge in [-0.3, -0.25) is 4.79 Å². The second kappa shape index (κ2) is 4.08. The van der Waals surface area contributed by atoms with Gasteiger partial charge in [-0.25, -0.2) is 0 Å². The minimum Gasteiger partial charge on any atom is -0.300 e. The lowest BCUT2D eigenvalue weighted by Gasteiger charge is -2.28. The maximum absolute atomic E-state index is 11.8. The van der Waals surface area contributed by atoms with Crippen LogP contribution in [0, 0.1) is 22.7 Å². The van der Waals surface area contributed by atoms with Gasteiger partial charge in [0.25, 0.3) is 0 Å². The fourth-order valence-electron chi connectivity index (χ4n) is 4.54. The maximum Gasteiger partial charge on any atom is 0.133 e. The summed E-state index contributed by atoms with van der Waals surface area (Å²) >= 11 is 0. The number of allylic oxidation sites excluding steroid dienone is 4. The van der Waals surface area contributed by atoms with Gasteiger partial charge >= 0.3 is 0 Å². The molecule has 0 N–H and O–H groups in total. The van der Waals surface area contributed by atoms with E-state index >= 15 is 0 Å². The Kier molecular flexibility index (Phi) is 2.88. The van der Waals surface area contributed by atoms with Crippen molar-refractivity contribution in [1.29, 1.82) is 0 Å². The van der Waals surface area contributed by atoms with Crippen LogP contribution in [0.3, 0.4) is 0 Å². The summed E-state index contributed by atoms with van der Waals surface area (Å²) in [6.45, 7) is 14.0. The number of hydrogen-bond acceptors (Lipinski definition) is 1. The molecule has 0 aromatic rings. The van der Waals surface area contributed by atoms with E-state index in [0.717, 1.165) is 25.7 Å². The molecule has 0 heterocycles. The van der Waals surface area contributed by atoms with Crippen molar-refractivity contribution in [1.82, 2.24) is 0 Å². The van der Waals surface area contributed by atoms with E-state index in [0.29, 0.717) is 17.6 Å². The summed E-state index contributed by atoms with van der Waals surface area (Å²) in [5, 5.41) is 0. The fraction of sp³-hybridized carbons (Fsp3) is 0.737. The van der Waals surface area contributed by atoms with Crippen LogP contribution in [0.5, 0.6) is 0 Å². The largest absolute Gasteiger partial charge is 0.300 e. The second-order valence-corrected chi connectivity index (χ2v) is 9.04. The van der Waals surface area contributed by atoms with Gasteiger partial charge in [-0.2, -0.15) is 0 Å². The highest BCUT2D eigenvalue weighted by atomic mass is 16.1. The zero-order valence-corrected chi connectivity index (χ0v) is 13.9. The summed E-state index contributed by atoms with van der Waals surface area (Å²) < 4.78 is 0. The highest BCUT2D eigenvalue weighted by molar-refractivity contribution is 5.83. The summed E-state index contributed by atoms with van der Waals surface area (Å²) in [7, 11) is 0. The standard InChI is InChI=1S/C19H28O/c1-18(2,3)15-10-16(19(4,5)6)17-13-9-12(20)7-11(13)8-14(15)17/h11,13H,7-10H2,1-6H3. The second-order valence-electron chi connectivity index (χ2n) is 9.04. The van der Waals surface area contributed by atoms with Crippen LogP contribution in [0.4, 0.5) is 0 Å². The number of hydrogen-bond donors (Lipinski definition) is 0. The number of fused-ring (bicyclic) bond motifs is 3. The van der Waals surface area contributed by atoms with Crippen LogP contribution >= 0.6 is 0 Å². The average Bonchev–Trinajstić information content (AvgIpc) is 2.82. The van der Waals surface area contributed by atoms with Crippen molar-refractivity contribution in [3.05, 3.63) is 22.3 Å². The third-order valence-corrected chi connectivity index (χ3v) is 5.52. The van der Waals surface area contributed by atoms with E-state index in [9.17, 15) is 4.79 Å². The van der Waals surface area contributed by atoms with Crippen molar-refractivity contribution >= 4 is 5.78 Å². The molecule has 2 unspecified atom stereocenters. The highest BCUT2D eigenvalue weighted by Gasteiger charge is 2.48. The first-order valence-corrected chi connectivity index (χ1v) is 8.07. The normalized spacial score (nSPS) is 30.4. The molecule has 20 heavy (non-hydrogen) atoms. The molecule has 0 aromatic heterocycles. The van der Waals surface area contributed by atoms with Crippen molar-refractivity contribution in [2.75, 3.05) is 0 Å². The molecule has 0 aliphatic heterocycles. The summed E-state index contributed by atoms with van der Waals surface area (Å²) in [5.41, 5.74) is 7.02. The third kappa shape index (κ3) is 2.01. The van der Waals surface area contributed by atoms with E-state index in [1.165, 1.54) is 0 Å². The molecule has 3 aliphatic carbocycles. The smallest absolute Gasteiger partial charge is 0.133 e. The molecule has 0 radical (unpaired) electrons. The molecule has 3 aliphatic rings. The molecule has 3 rings (SSSR count). The Bertz CT molecular complexity index is 531. The number of rotatable bonds is 0. The van der Waals surface area contributed by atoms with Crippen LogP contribution in [-0.4, -0.2) is 5.78 Å². The number of Topliss-reactive ketones (excluding diaryl/α,β-unsaturated/α-hetero) is 1. The van der Waals surface area contributed by atoms with E-state index in [2.05, 4.69) is 41.5 Å². The van der Waals surface area contributed by atoms with E-state index in [-0.39, 0.29) is 10.8 Å². The van der Waals surface area contributed by atoms with Gasteiger partial charge in [0, 0.05) is 12.8 Å². The SMILES string of the molecule is CC(C)(C)C1=C2CC3CC(=O)CC3C2=C(C(C)(C)C)C1. The third-order valence-electron chi connectivity index (χ3n) is 5.52. The van der Waals surface area contributed by atoms with Crippen LogP contribution in [0.2, 0.25) is 0 Å². The lowest BCUT2D eigenvalue weighted by atomic mass is 9.77. The van der Waals surface area contributed by atoms with Crippen LogP contribution < -0.4 is 0 Å². The Labute approximate surface area is 123 Å². The molecule has 1 heteroatoms. The first kappa shape index (κ1) is 14.1.